The molecule has 0 bridgehead atoms. The Balaban J connectivity index is 1.92. The first-order valence-corrected chi connectivity index (χ1v) is 4.71. The molecule has 0 aliphatic heterocycles. The average molecular weight is 157 g/mol. The van der Waals surface area contributed by atoms with Crippen molar-refractivity contribution in [2.75, 3.05) is 13.2 Å². The van der Waals surface area contributed by atoms with Gasteiger partial charge in [-0.15, -0.1) is 0 Å². The molecule has 0 atom stereocenters. The van der Waals surface area contributed by atoms with Crippen molar-refractivity contribution in [2.24, 2.45) is 0 Å². The molecule has 0 aromatic carbocycles. The van der Waals surface area contributed by atoms with Gasteiger partial charge in [-0.1, -0.05) is 6.92 Å². The first-order valence-electron chi connectivity index (χ1n) is 4.71. The smallest absolute Gasteiger partial charge is 0.0604 e. The van der Waals surface area contributed by atoms with E-state index in [4.69, 9.17) is 4.74 Å². The number of nitrogens with one attached hydrogen (secondary N) is 1. The molecule has 1 saturated carbocycles. The van der Waals surface area contributed by atoms with E-state index >= 15 is 0 Å². The van der Waals surface area contributed by atoms with E-state index in [1.807, 2.05) is 0 Å². The first kappa shape index (κ1) is 9.01. The van der Waals surface area contributed by atoms with Gasteiger partial charge in [-0.3, -0.25) is 0 Å². The van der Waals surface area contributed by atoms with Crippen LogP contribution in [0.4, 0.5) is 0 Å². The van der Waals surface area contributed by atoms with Crippen LogP contribution in [0.25, 0.3) is 0 Å². The molecule has 2 heteroatoms. The monoisotopic (exact) mass is 157 g/mol. The van der Waals surface area contributed by atoms with Crippen LogP contribution in [0.15, 0.2) is 0 Å². The van der Waals surface area contributed by atoms with Gasteiger partial charge in [0.05, 0.1) is 6.10 Å². The molecule has 1 aliphatic rings. The summed E-state index contributed by atoms with van der Waals surface area (Å²) in [6.07, 6.45) is 4.21. The second-order valence-electron chi connectivity index (χ2n) is 3.20. The largest absolute Gasteiger partial charge is 0.378 e. The minimum absolute atomic E-state index is 0.550. The lowest BCUT2D eigenvalue weighted by Crippen LogP contribution is -2.45. The summed E-state index contributed by atoms with van der Waals surface area (Å²) in [7, 11) is 0. The van der Waals surface area contributed by atoms with Crippen molar-refractivity contribution in [3.63, 3.8) is 0 Å². The quantitative estimate of drug-likeness (QED) is 0.654. The van der Waals surface area contributed by atoms with Crippen LogP contribution in [0.2, 0.25) is 0 Å². The SMILES string of the molecule is CCCNC1CC(OCC)C1. The lowest BCUT2D eigenvalue weighted by atomic mass is 9.89. The maximum absolute atomic E-state index is 5.45. The van der Waals surface area contributed by atoms with Gasteiger partial charge in [-0.05, 0) is 32.7 Å². The fourth-order valence-electron chi connectivity index (χ4n) is 1.45. The predicted molar refractivity (Wildman–Crippen MR) is 46.7 cm³/mol. The van der Waals surface area contributed by atoms with E-state index in [0.29, 0.717) is 6.10 Å². The van der Waals surface area contributed by atoms with Gasteiger partial charge in [0.25, 0.3) is 0 Å². The highest BCUT2D eigenvalue weighted by Gasteiger charge is 2.28. The Morgan fingerprint density at radius 3 is 2.64 bits per heavy atom. The summed E-state index contributed by atoms with van der Waals surface area (Å²) in [5.74, 6) is 0. The third kappa shape index (κ3) is 2.80. The van der Waals surface area contributed by atoms with Crippen LogP contribution in [0.5, 0.6) is 0 Å². The van der Waals surface area contributed by atoms with Crippen LogP contribution in [0, 0.1) is 0 Å². The van der Waals surface area contributed by atoms with Crippen LogP contribution in [-0.2, 0) is 4.74 Å². The fourth-order valence-corrected chi connectivity index (χ4v) is 1.45. The summed E-state index contributed by atoms with van der Waals surface area (Å²) in [6.45, 7) is 6.28. The zero-order valence-electron chi connectivity index (χ0n) is 7.60. The van der Waals surface area contributed by atoms with E-state index in [1.165, 1.54) is 19.3 Å². The van der Waals surface area contributed by atoms with Gasteiger partial charge < -0.3 is 10.1 Å². The average Bonchev–Trinajstić information content (AvgIpc) is 1.94. The molecule has 11 heavy (non-hydrogen) atoms. The summed E-state index contributed by atoms with van der Waals surface area (Å²) < 4.78 is 5.45. The van der Waals surface area contributed by atoms with Crippen LogP contribution >= 0.6 is 0 Å². The summed E-state index contributed by atoms with van der Waals surface area (Å²) in [6, 6.07) is 0.742. The van der Waals surface area contributed by atoms with Gasteiger partial charge in [-0.25, -0.2) is 0 Å². The summed E-state index contributed by atoms with van der Waals surface area (Å²) in [4.78, 5) is 0. The maximum Gasteiger partial charge on any atom is 0.0604 e. The summed E-state index contributed by atoms with van der Waals surface area (Å²) >= 11 is 0. The van der Waals surface area contributed by atoms with E-state index < -0.39 is 0 Å². The zero-order chi connectivity index (χ0) is 8.10. The highest BCUT2D eigenvalue weighted by molar-refractivity contribution is 4.85. The topological polar surface area (TPSA) is 21.3 Å². The molecule has 0 heterocycles. The Kier molecular flexibility index (Phi) is 3.87. The van der Waals surface area contributed by atoms with Gasteiger partial charge in [0.1, 0.15) is 0 Å². The van der Waals surface area contributed by atoms with E-state index in [1.54, 1.807) is 0 Å². The van der Waals surface area contributed by atoms with E-state index in [2.05, 4.69) is 19.2 Å². The fraction of sp³-hybridized carbons (Fsp3) is 1.00. The van der Waals surface area contributed by atoms with Crippen molar-refractivity contribution in [1.29, 1.82) is 0 Å². The molecule has 1 N–H and O–H groups in total. The molecule has 0 spiro atoms. The Hall–Kier alpha value is -0.0800. The minimum atomic E-state index is 0.550. The van der Waals surface area contributed by atoms with E-state index in [-0.39, 0.29) is 0 Å². The van der Waals surface area contributed by atoms with Gasteiger partial charge in [0.15, 0.2) is 0 Å². The van der Waals surface area contributed by atoms with Crippen LogP contribution in [-0.4, -0.2) is 25.3 Å². The molecular weight excluding hydrogens is 138 g/mol. The van der Waals surface area contributed by atoms with E-state index in [0.717, 1.165) is 19.2 Å². The maximum atomic E-state index is 5.45. The van der Waals surface area contributed by atoms with E-state index in [9.17, 15) is 0 Å². The molecule has 2 nitrogen and oxygen atoms in total. The van der Waals surface area contributed by atoms with Gasteiger partial charge in [0, 0.05) is 12.6 Å². The molecule has 0 amide bonds. The molecule has 0 saturated heterocycles. The van der Waals surface area contributed by atoms with Crippen molar-refractivity contribution < 1.29 is 4.74 Å². The predicted octanol–water partition coefficient (Wildman–Crippen LogP) is 1.55. The van der Waals surface area contributed by atoms with Crippen molar-refractivity contribution >= 4 is 0 Å². The molecule has 1 fully saturated rings. The number of hydrogen-bond donors (Lipinski definition) is 1. The van der Waals surface area contributed by atoms with Gasteiger partial charge >= 0.3 is 0 Å². The molecule has 66 valence electrons. The molecule has 1 aliphatic carbocycles. The molecule has 0 radical (unpaired) electrons. The second kappa shape index (κ2) is 4.73. The highest BCUT2D eigenvalue weighted by atomic mass is 16.5. The Labute approximate surface area is 69.3 Å². The van der Waals surface area contributed by atoms with Gasteiger partial charge in [-0.2, -0.15) is 0 Å². The van der Waals surface area contributed by atoms with Crippen molar-refractivity contribution in [1.82, 2.24) is 5.32 Å². The van der Waals surface area contributed by atoms with Crippen LogP contribution in [0.1, 0.15) is 33.1 Å². The normalized spacial score (nSPS) is 30.0. The van der Waals surface area contributed by atoms with Crippen LogP contribution in [0.3, 0.4) is 0 Å². The number of ether oxygens (including phenoxy) is 1. The standard InChI is InChI=1S/C9H19NO/c1-3-5-10-8-6-9(7-8)11-4-2/h8-10H,3-7H2,1-2H3. The molecule has 0 unspecified atom stereocenters. The van der Waals surface area contributed by atoms with Crippen molar-refractivity contribution in [3.8, 4) is 0 Å². The third-order valence-corrected chi connectivity index (χ3v) is 2.18. The van der Waals surface area contributed by atoms with Crippen LogP contribution < -0.4 is 5.32 Å². The molecular formula is C9H19NO. The highest BCUT2D eigenvalue weighted by Crippen LogP contribution is 2.22. The number of rotatable bonds is 5. The second-order valence-corrected chi connectivity index (χ2v) is 3.20. The Bertz CT molecular complexity index is 99.7. The molecule has 0 aromatic rings. The van der Waals surface area contributed by atoms with Gasteiger partial charge in [0.2, 0.25) is 0 Å². The lowest BCUT2D eigenvalue weighted by Gasteiger charge is -2.35. The summed E-state index contributed by atoms with van der Waals surface area (Å²) in [5, 5.41) is 3.48. The van der Waals surface area contributed by atoms with Crippen molar-refractivity contribution in [2.45, 2.75) is 45.3 Å². The third-order valence-electron chi connectivity index (χ3n) is 2.18. The Morgan fingerprint density at radius 1 is 1.36 bits per heavy atom. The van der Waals surface area contributed by atoms with Crippen molar-refractivity contribution in [3.05, 3.63) is 0 Å². The molecule has 0 aromatic heterocycles. The summed E-state index contributed by atoms with van der Waals surface area (Å²) in [5.41, 5.74) is 0. The lowest BCUT2D eigenvalue weighted by molar-refractivity contribution is -0.00966. The first-order chi connectivity index (χ1) is 5.36. The molecule has 1 rings (SSSR count). The number of hydrogen-bond acceptors (Lipinski definition) is 2. The zero-order valence-corrected chi connectivity index (χ0v) is 7.60. The minimum Gasteiger partial charge on any atom is -0.378 e. The Morgan fingerprint density at radius 2 is 2.09 bits per heavy atom.